The van der Waals surface area contributed by atoms with Gasteiger partial charge in [-0.2, -0.15) is 0 Å². The molecule has 0 aromatic rings. The molecule has 1 heterocycles. The Bertz CT molecular complexity index is 362. The van der Waals surface area contributed by atoms with E-state index < -0.39 is 26.0 Å². The van der Waals surface area contributed by atoms with Crippen molar-refractivity contribution in [3.8, 4) is 0 Å². The third kappa shape index (κ3) is 2.53. The molecule has 1 atom stereocenters. The monoisotopic (exact) mass is 290 g/mol. The summed E-state index contributed by atoms with van der Waals surface area (Å²) in [5.41, 5.74) is -1.46. The quantitative estimate of drug-likeness (QED) is 0.570. The van der Waals surface area contributed by atoms with Gasteiger partial charge in [0.25, 0.3) is 5.91 Å². The van der Waals surface area contributed by atoms with Crippen LogP contribution in [-0.2, 0) is 18.1 Å². The minimum absolute atomic E-state index is 0.299. The average molecular weight is 290 g/mol. The second-order valence-electron chi connectivity index (χ2n) is 4.87. The molecule has 0 aromatic carbocycles. The molecule has 0 saturated carbocycles. The maximum atomic E-state index is 12.3. The molecule has 1 saturated heterocycles. The van der Waals surface area contributed by atoms with E-state index in [4.69, 9.17) is 13.3 Å². The number of urea groups is 1. The lowest BCUT2D eigenvalue weighted by Gasteiger charge is -2.35. The fraction of sp³-hybridized carbons (Fsp3) is 0.818. The van der Waals surface area contributed by atoms with Crippen LogP contribution in [0.1, 0.15) is 27.2 Å². The van der Waals surface area contributed by atoms with Crippen molar-refractivity contribution in [2.75, 3.05) is 21.3 Å². The number of hydrogen-bond acceptors (Lipinski definition) is 5. The van der Waals surface area contributed by atoms with Gasteiger partial charge in [0.05, 0.1) is 0 Å². The Morgan fingerprint density at radius 3 is 1.95 bits per heavy atom. The lowest BCUT2D eigenvalue weighted by molar-refractivity contribution is -0.131. The molecule has 1 N–H and O–H groups in total. The highest BCUT2D eigenvalue weighted by atomic mass is 28.4. The van der Waals surface area contributed by atoms with Crippen molar-refractivity contribution in [2.24, 2.45) is 0 Å². The lowest BCUT2D eigenvalue weighted by Crippen LogP contribution is -2.63. The molecule has 7 nitrogen and oxygen atoms in total. The summed E-state index contributed by atoms with van der Waals surface area (Å²) in [6, 6.07) is -0.440. The minimum atomic E-state index is -3.11. The van der Waals surface area contributed by atoms with Crippen molar-refractivity contribution in [3.63, 3.8) is 0 Å². The van der Waals surface area contributed by atoms with Gasteiger partial charge in [0, 0.05) is 21.3 Å². The third-order valence-corrected chi connectivity index (χ3v) is 6.54. The van der Waals surface area contributed by atoms with Gasteiger partial charge >= 0.3 is 14.8 Å². The summed E-state index contributed by atoms with van der Waals surface area (Å²) < 4.78 is 16.2. The summed E-state index contributed by atoms with van der Waals surface area (Å²) in [6.07, 6.45) is 0.497. The van der Waals surface area contributed by atoms with Gasteiger partial charge in [-0.25, -0.2) is 4.79 Å². The number of hydrogen-bond donors (Lipinski definition) is 1. The molecule has 110 valence electrons. The summed E-state index contributed by atoms with van der Waals surface area (Å²) in [4.78, 5) is 25.5. The Morgan fingerprint density at radius 1 is 1.21 bits per heavy atom. The standard InChI is InChI=1S/C11H22N2O5Si/c1-7-8(19(16-4,17-5)18-6)13-9(14)11(2,3)12-10(13)15/h8H,7H2,1-6H3,(H,12,15). The minimum Gasteiger partial charge on any atom is -0.376 e. The van der Waals surface area contributed by atoms with Gasteiger partial charge in [-0.3, -0.25) is 9.69 Å². The Labute approximate surface area is 114 Å². The van der Waals surface area contributed by atoms with E-state index in [1.807, 2.05) is 6.92 Å². The molecule has 8 heteroatoms. The van der Waals surface area contributed by atoms with Gasteiger partial charge in [-0.1, -0.05) is 6.92 Å². The maximum Gasteiger partial charge on any atom is 0.524 e. The van der Waals surface area contributed by atoms with Crippen molar-refractivity contribution in [1.29, 1.82) is 0 Å². The number of amides is 3. The number of nitrogens with one attached hydrogen (secondary N) is 1. The second-order valence-corrected chi connectivity index (χ2v) is 7.97. The molecule has 19 heavy (non-hydrogen) atoms. The summed E-state index contributed by atoms with van der Waals surface area (Å²) in [7, 11) is 1.28. The van der Waals surface area contributed by atoms with Gasteiger partial charge in [0.15, 0.2) is 0 Å². The summed E-state index contributed by atoms with van der Waals surface area (Å²) in [5.74, 6) is -0.299. The SMILES string of the molecule is CCC(N1C(=O)NC(C)(C)C1=O)[Si](OC)(OC)OC. The highest BCUT2D eigenvalue weighted by Gasteiger charge is 2.57. The molecular formula is C11H22N2O5Si. The number of imide groups is 1. The van der Waals surface area contributed by atoms with E-state index in [2.05, 4.69) is 5.32 Å². The Kier molecular flexibility index (Phi) is 4.72. The third-order valence-electron chi connectivity index (χ3n) is 3.35. The first-order valence-electron chi connectivity index (χ1n) is 6.10. The van der Waals surface area contributed by atoms with E-state index in [9.17, 15) is 9.59 Å². The van der Waals surface area contributed by atoms with E-state index in [0.717, 1.165) is 0 Å². The van der Waals surface area contributed by atoms with E-state index in [1.165, 1.54) is 26.2 Å². The summed E-state index contributed by atoms with van der Waals surface area (Å²) in [5, 5.41) is 2.65. The van der Waals surface area contributed by atoms with E-state index >= 15 is 0 Å². The predicted octanol–water partition coefficient (Wildman–Crippen LogP) is 0.513. The molecule has 0 radical (unpaired) electrons. The van der Waals surface area contributed by atoms with Crippen LogP contribution in [0, 0.1) is 0 Å². The smallest absolute Gasteiger partial charge is 0.376 e. The van der Waals surface area contributed by atoms with Crippen LogP contribution in [0.2, 0.25) is 0 Å². The number of carbonyl (C=O) groups excluding carboxylic acids is 2. The van der Waals surface area contributed by atoms with Crippen molar-refractivity contribution < 1.29 is 22.9 Å². The van der Waals surface area contributed by atoms with Gasteiger partial charge in [-0.15, -0.1) is 0 Å². The van der Waals surface area contributed by atoms with Crippen LogP contribution in [0.15, 0.2) is 0 Å². The Hall–Kier alpha value is -0.963. The molecule has 1 aliphatic rings. The van der Waals surface area contributed by atoms with E-state index in [-0.39, 0.29) is 5.91 Å². The van der Waals surface area contributed by atoms with Gasteiger partial charge in [-0.05, 0) is 20.3 Å². The molecule has 1 aliphatic heterocycles. The number of carbonyl (C=O) groups is 2. The largest absolute Gasteiger partial charge is 0.524 e. The van der Waals surface area contributed by atoms with Gasteiger partial charge < -0.3 is 18.6 Å². The fourth-order valence-electron chi connectivity index (χ4n) is 2.31. The van der Waals surface area contributed by atoms with E-state index in [0.29, 0.717) is 6.42 Å². The van der Waals surface area contributed by atoms with Crippen LogP contribution in [0.3, 0.4) is 0 Å². The lowest BCUT2D eigenvalue weighted by atomic mass is 10.1. The topological polar surface area (TPSA) is 77.1 Å². The highest BCUT2D eigenvalue weighted by molar-refractivity contribution is 6.63. The van der Waals surface area contributed by atoms with Crippen LogP contribution in [0.4, 0.5) is 4.79 Å². The zero-order valence-corrected chi connectivity index (χ0v) is 13.3. The predicted molar refractivity (Wildman–Crippen MR) is 70.3 cm³/mol. The maximum absolute atomic E-state index is 12.3. The first-order valence-corrected chi connectivity index (χ1v) is 7.91. The fourth-order valence-corrected chi connectivity index (χ4v) is 4.67. The molecule has 1 unspecified atom stereocenters. The second kappa shape index (κ2) is 5.57. The molecule has 0 bridgehead atoms. The molecule has 1 fully saturated rings. The molecule has 3 amide bonds. The molecule has 0 aromatic heterocycles. The van der Waals surface area contributed by atoms with Crippen molar-refractivity contribution >= 4 is 20.7 Å². The van der Waals surface area contributed by atoms with Crippen LogP contribution in [0.5, 0.6) is 0 Å². The summed E-state index contributed by atoms with van der Waals surface area (Å²) in [6.45, 7) is 5.18. The first kappa shape index (κ1) is 16.1. The highest BCUT2D eigenvalue weighted by Crippen LogP contribution is 2.27. The van der Waals surface area contributed by atoms with Crippen LogP contribution in [0.25, 0.3) is 0 Å². The molecular weight excluding hydrogens is 268 g/mol. The van der Waals surface area contributed by atoms with E-state index in [1.54, 1.807) is 13.8 Å². The van der Waals surface area contributed by atoms with Crippen LogP contribution < -0.4 is 5.32 Å². The molecule has 0 spiro atoms. The first-order chi connectivity index (χ1) is 8.79. The van der Waals surface area contributed by atoms with Crippen molar-refractivity contribution in [1.82, 2.24) is 10.2 Å². The van der Waals surface area contributed by atoms with Crippen molar-refractivity contribution in [2.45, 2.75) is 38.4 Å². The summed E-state index contributed by atoms with van der Waals surface area (Å²) >= 11 is 0. The zero-order chi connectivity index (χ0) is 14.8. The zero-order valence-electron chi connectivity index (χ0n) is 12.3. The van der Waals surface area contributed by atoms with Crippen LogP contribution >= 0.6 is 0 Å². The average Bonchev–Trinajstić information content (AvgIpc) is 2.57. The van der Waals surface area contributed by atoms with Gasteiger partial charge in [0.1, 0.15) is 11.2 Å². The van der Waals surface area contributed by atoms with Crippen LogP contribution in [-0.4, -0.2) is 58.2 Å². The Balaban J connectivity index is 3.17. The molecule has 1 rings (SSSR count). The number of rotatable bonds is 6. The Morgan fingerprint density at radius 2 is 1.68 bits per heavy atom. The van der Waals surface area contributed by atoms with Crippen molar-refractivity contribution in [3.05, 3.63) is 0 Å². The number of nitrogens with zero attached hydrogens (tertiary/aromatic N) is 1. The molecule has 0 aliphatic carbocycles. The normalized spacial score (nSPS) is 20.6. The van der Waals surface area contributed by atoms with Gasteiger partial charge in [0.2, 0.25) is 0 Å².